The number of ether oxygens (including phenoxy) is 1. The summed E-state index contributed by atoms with van der Waals surface area (Å²) in [5, 5.41) is 38.2. The quantitative estimate of drug-likeness (QED) is 0.153. The van der Waals surface area contributed by atoms with Gasteiger partial charge >= 0.3 is 0 Å². The fourth-order valence-electron chi connectivity index (χ4n) is 4.22. The summed E-state index contributed by atoms with van der Waals surface area (Å²) in [6, 6.07) is 9.03. The van der Waals surface area contributed by atoms with Gasteiger partial charge in [-0.05, 0) is 50.9 Å². The highest BCUT2D eigenvalue weighted by molar-refractivity contribution is 5.93. The maximum absolute atomic E-state index is 12.8. The number of hydrogen-bond donors (Lipinski definition) is 4. The molecular formula is C25H31Cl2N5O7. The molecule has 0 aliphatic carbocycles. The molecule has 1 amide bonds. The van der Waals surface area contributed by atoms with Gasteiger partial charge in [0.15, 0.2) is 11.5 Å². The third-order valence-electron chi connectivity index (χ3n) is 6.18. The van der Waals surface area contributed by atoms with Crippen molar-refractivity contribution in [3.63, 3.8) is 0 Å². The van der Waals surface area contributed by atoms with Crippen LogP contribution in [-0.4, -0.2) is 63.3 Å². The van der Waals surface area contributed by atoms with Gasteiger partial charge in [0, 0.05) is 49.5 Å². The Morgan fingerprint density at radius 2 is 1.85 bits per heavy atom. The van der Waals surface area contributed by atoms with Crippen LogP contribution in [0.3, 0.4) is 0 Å². The number of halogens is 2. The standard InChI is InChI=1S/C25H29N5O7.2ClH/c26-9-1-2-10-29-11-7-16(8-12-29)27-25(33)20-15-23(37-28-20)24-21(32)13-18(31)14-22(24)36-19-5-3-17(4-6-19)30(34)35;;/h3-6,13-16,31-32H,1-2,7-12,26H2,(H,27,33);2*1H. The van der Waals surface area contributed by atoms with Gasteiger partial charge in [-0.25, -0.2) is 0 Å². The first-order chi connectivity index (χ1) is 17.8. The van der Waals surface area contributed by atoms with E-state index in [0.29, 0.717) is 6.54 Å². The lowest BCUT2D eigenvalue weighted by Gasteiger charge is -2.32. The first-order valence-corrected chi connectivity index (χ1v) is 12.0. The van der Waals surface area contributed by atoms with Crippen molar-refractivity contribution in [3.8, 4) is 34.3 Å². The van der Waals surface area contributed by atoms with Gasteiger partial charge in [0.1, 0.15) is 28.6 Å². The van der Waals surface area contributed by atoms with Crippen LogP contribution in [-0.2, 0) is 0 Å². The number of benzene rings is 2. The van der Waals surface area contributed by atoms with Crippen molar-refractivity contribution in [2.45, 2.75) is 31.7 Å². The summed E-state index contributed by atoms with van der Waals surface area (Å²) in [7, 11) is 0. The molecule has 1 aliphatic heterocycles. The van der Waals surface area contributed by atoms with Crippen LogP contribution in [0.5, 0.6) is 23.0 Å². The van der Waals surface area contributed by atoms with Gasteiger partial charge in [-0.1, -0.05) is 5.16 Å². The van der Waals surface area contributed by atoms with Gasteiger partial charge < -0.3 is 35.4 Å². The smallest absolute Gasteiger partial charge is 0.273 e. The zero-order valence-corrected chi connectivity index (χ0v) is 22.6. The van der Waals surface area contributed by atoms with E-state index >= 15 is 0 Å². The largest absolute Gasteiger partial charge is 0.508 e. The number of rotatable bonds is 10. The number of likely N-dealkylation sites (tertiary alicyclic amines) is 1. The Labute approximate surface area is 237 Å². The molecule has 0 spiro atoms. The minimum absolute atomic E-state index is 0. The number of nitro groups is 1. The number of nitro benzene ring substituents is 1. The van der Waals surface area contributed by atoms with Crippen LogP contribution in [0.4, 0.5) is 5.69 Å². The number of nitrogens with zero attached hydrogens (tertiary/aromatic N) is 3. The molecule has 1 aliphatic rings. The summed E-state index contributed by atoms with van der Waals surface area (Å²) in [5.74, 6) is -0.741. The number of nitrogens with one attached hydrogen (secondary N) is 1. The highest BCUT2D eigenvalue weighted by Crippen LogP contribution is 2.43. The van der Waals surface area contributed by atoms with E-state index in [1.165, 1.54) is 36.4 Å². The van der Waals surface area contributed by atoms with Crippen LogP contribution >= 0.6 is 24.8 Å². The Bertz CT molecular complexity index is 1250. The number of nitrogens with two attached hydrogens (primary N) is 1. The van der Waals surface area contributed by atoms with E-state index < -0.39 is 10.8 Å². The summed E-state index contributed by atoms with van der Waals surface area (Å²) >= 11 is 0. The van der Waals surface area contributed by atoms with Crippen molar-refractivity contribution in [2.75, 3.05) is 26.2 Å². The lowest BCUT2D eigenvalue weighted by atomic mass is 10.0. The van der Waals surface area contributed by atoms with Gasteiger partial charge in [0.25, 0.3) is 11.6 Å². The number of non-ortho nitro benzene ring substituents is 1. The minimum Gasteiger partial charge on any atom is -0.508 e. The molecule has 2 aromatic carbocycles. The molecule has 0 atom stereocenters. The van der Waals surface area contributed by atoms with Crippen LogP contribution < -0.4 is 15.8 Å². The average Bonchev–Trinajstić information content (AvgIpc) is 3.35. The van der Waals surface area contributed by atoms with Crippen molar-refractivity contribution in [3.05, 3.63) is 58.3 Å². The highest BCUT2D eigenvalue weighted by atomic mass is 35.5. The van der Waals surface area contributed by atoms with Crippen LogP contribution in [0.15, 0.2) is 47.0 Å². The summed E-state index contributed by atoms with van der Waals surface area (Å²) < 4.78 is 11.1. The number of hydrogen-bond acceptors (Lipinski definition) is 10. The summed E-state index contributed by atoms with van der Waals surface area (Å²) in [6.07, 6.45) is 3.72. The van der Waals surface area contributed by atoms with E-state index in [0.717, 1.165) is 51.4 Å². The van der Waals surface area contributed by atoms with Crippen molar-refractivity contribution < 1.29 is 29.2 Å². The maximum Gasteiger partial charge on any atom is 0.273 e. The molecule has 1 aromatic heterocycles. The van der Waals surface area contributed by atoms with E-state index in [4.69, 9.17) is 15.0 Å². The second-order valence-electron chi connectivity index (χ2n) is 8.85. The van der Waals surface area contributed by atoms with E-state index in [-0.39, 0.29) is 76.6 Å². The van der Waals surface area contributed by atoms with Crippen molar-refractivity contribution in [1.29, 1.82) is 0 Å². The Morgan fingerprint density at radius 3 is 2.49 bits per heavy atom. The van der Waals surface area contributed by atoms with Gasteiger partial charge in [-0.2, -0.15) is 0 Å². The average molecular weight is 584 g/mol. The topological polar surface area (TPSA) is 177 Å². The van der Waals surface area contributed by atoms with E-state index in [1.54, 1.807) is 0 Å². The van der Waals surface area contributed by atoms with Gasteiger partial charge in [-0.15, -0.1) is 24.8 Å². The second kappa shape index (κ2) is 14.5. The summed E-state index contributed by atoms with van der Waals surface area (Å²) in [5.41, 5.74) is 5.54. The molecule has 0 unspecified atom stereocenters. The molecule has 4 rings (SSSR count). The third kappa shape index (κ3) is 8.20. The van der Waals surface area contributed by atoms with Crippen molar-refractivity contribution in [2.24, 2.45) is 5.73 Å². The number of amides is 1. The molecule has 39 heavy (non-hydrogen) atoms. The SMILES string of the molecule is Cl.Cl.NCCCCN1CCC(NC(=O)c2cc(-c3c(O)cc(O)cc3Oc3ccc([N+](=O)[O-])cc3)on2)CC1. The fraction of sp³-hybridized carbons (Fsp3) is 0.360. The monoisotopic (exact) mass is 583 g/mol. The first kappa shape index (κ1) is 31.6. The lowest BCUT2D eigenvalue weighted by Crippen LogP contribution is -2.45. The predicted octanol–water partition coefficient (Wildman–Crippen LogP) is 4.23. The number of phenols is 2. The second-order valence-corrected chi connectivity index (χ2v) is 8.85. The Balaban J connectivity index is 0.00000267. The predicted molar refractivity (Wildman–Crippen MR) is 148 cm³/mol. The van der Waals surface area contributed by atoms with Crippen molar-refractivity contribution >= 4 is 36.4 Å². The Kier molecular flexibility index (Phi) is 11.8. The fourth-order valence-corrected chi connectivity index (χ4v) is 4.22. The van der Waals surface area contributed by atoms with Gasteiger partial charge in [0.2, 0.25) is 0 Å². The number of aromatic hydroxyl groups is 2. The minimum atomic E-state index is -0.538. The molecule has 12 nitrogen and oxygen atoms in total. The van der Waals surface area contributed by atoms with Crippen LogP contribution in [0.25, 0.3) is 11.3 Å². The van der Waals surface area contributed by atoms with E-state index in [9.17, 15) is 25.1 Å². The lowest BCUT2D eigenvalue weighted by molar-refractivity contribution is -0.384. The van der Waals surface area contributed by atoms with Crippen LogP contribution in [0.1, 0.15) is 36.2 Å². The number of piperidine rings is 1. The maximum atomic E-state index is 12.8. The van der Waals surface area contributed by atoms with Gasteiger partial charge in [0.05, 0.1) is 4.92 Å². The number of phenolic OH excluding ortho intramolecular Hbond substituents is 2. The van der Waals surface area contributed by atoms with E-state index in [1.807, 2.05) is 0 Å². The molecule has 1 fully saturated rings. The molecule has 2 heterocycles. The van der Waals surface area contributed by atoms with Gasteiger partial charge in [-0.3, -0.25) is 14.9 Å². The molecular weight excluding hydrogens is 553 g/mol. The number of carbonyl (C=O) groups excluding carboxylic acids is 1. The normalized spacial score (nSPS) is 13.7. The Morgan fingerprint density at radius 1 is 1.15 bits per heavy atom. The molecule has 212 valence electrons. The zero-order chi connectivity index (χ0) is 26.4. The Hall–Kier alpha value is -3.58. The molecule has 0 saturated carbocycles. The van der Waals surface area contributed by atoms with Crippen LogP contribution in [0, 0.1) is 10.1 Å². The molecule has 5 N–H and O–H groups in total. The first-order valence-electron chi connectivity index (χ1n) is 12.0. The van der Waals surface area contributed by atoms with Crippen molar-refractivity contribution in [1.82, 2.24) is 15.4 Å². The number of carbonyl (C=O) groups is 1. The number of aromatic nitrogens is 1. The summed E-state index contributed by atoms with van der Waals surface area (Å²) in [4.78, 5) is 25.5. The molecule has 0 bridgehead atoms. The van der Waals surface area contributed by atoms with Crippen LogP contribution in [0.2, 0.25) is 0 Å². The molecule has 0 radical (unpaired) electrons. The molecule has 14 heteroatoms. The zero-order valence-electron chi connectivity index (χ0n) is 20.9. The summed E-state index contributed by atoms with van der Waals surface area (Å²) in [6.45, 7) is 3.48. The molecule has 3 aromatic rings. The third-order valence-corrected chi connectivity index (χ3v) is 6.18. The molecule has 1 saturated heterocycles. The number of unbranched alkanes of at least 4 members (excludes halogenated alkanes) is 1. The van der Waals surface area contributed by atoms with E-state index in [2.05, 4.69) is 15.4 Å². The highest BCUT2D eigenvalue weighted by Gasteiger charge is 2.25.